The van der Waals surface area contributed by atoms with Gasteiger partial charge in [-0.3, -0.25) is 4.40 Å². The van der Waals surface area contributed by atoms with Gasteiger partial charge >= 0.3 is 0 Å². The van der Waals surface area contributed by atoms with Gasteiger partial charge in [-0.25, -0.2) is 9.37 Å². The van der Waals surface area contributed by atoms with Crippen molar-refractivity contribution in [3.8, 4) is 11.3 Å². The normalized spacial score (nSPS) is 11.1. The third kappa shape index (κ3) is 2.89. The summed E-state index contributed by atoms with van der Waals surface area (Å²) in [5.41, 5.74) is 4.12. The van der Waals surface area contributed by atoms with Crippen LogP contribution < -0.4 is 0 Å². The van der Waals surface area contributed by atoms with Gasteiger partial charge in [0.05, 0.1) is 16.7 Å². The molecule has 0 aliphatic rings. The molecule has 0 aliphatic heterocycles. The molecular weight excluding hydrogens is 437 g/mol. The molecule has 2 aromatic carbocycles. The van der Waals surface area contributed by atoms with Crippen molar-refractivity contribution in [2.45, 2.75) is 13.0 Å². The number of hydrogen-bond acceptors (Lipinski definition) is 1. The van der Waals surface area contributed by atoms with E-state index in [1.807, 2.05) is 30.3 Å². The first-order valence-corrected chi connectivity index (χ1v) is 8.68. The first kappa shape index (κ1) is 17.2. The summed E-state index contributed by atoms with van der Waals surface area (Å²) in [6.07, 6.45) is 3.09. The molecule has 0 fully saturated rings. The Bertz CT molecular complexity index is 973. The van der Waals surface area contributed by atoms with Gasteiger partial charge in [-0.2, -0.15) is 0 Å². The summed E-state index contributed by atoms with van der Waals surface area (Å²) in [5, 5.41) is 0.931. The molecule has 24 heavy (non-hydrogen) atoms. The van der Waals surface area contributed by atoms with Crippen LogP contribution in [0.15, 0.2) is 54.7 Å². The molecular formula is C18H16Br2FN3. The topological polar surface area (TPSA) is 22.2 Å². The zero-order chi connectivity index (χ0) is 15.8. The average molecular weight is 453 g/mol. The molecule has 4 aromatic rings. The van der Waals surface area contributed by atoms with Crippen molar-refractivity contribution in [2.24, 2.45) is 0 Å². The second kappa shape index (κ2) is 7.07. The van der Waals surface area contributed by atoms with Crippen LogP contribution >= 0.6 is 32.9 Å². The summed E-state index contributed by atoms with van der Waals surface area (Å²) in [6, 6.07) is 14.7. The Morgan fingerprint density at radius 1 is 1.04 bits per heavy atom. The zero-order valence-corrected chi connectivity index (χ0v) is 16.1. The number of benzene rings is 2. The Balaban J connectivity index is 0.00000169. The number of aromatic nitrogens is 3. The molecule has 0 N–H and O–H groups in total. The lowest BCUT2D eigenvalue weighted by Crippen LogP contribution is -2.01. The lowest BCUT2D eigenvalue weighted by atomic mass is 10.1. The van der Waals surface area contributed by atoms with Crippen LogP contribution in [0.1, 0.15) is 6.42 Å². The molecule has 2 aromatic heterocycles. The first-order chi connectivity index (χ1) is 11.3. The molecule has 0 saturated carbocycles. The van der Waals surface area contributed by atoms with Crippen LogP contribution in [0.25, 0.3) is 28.1 Å². The number of imidazole rings is 2. The summed E-state index contributed by atoms with van der Waals surface area (Å²) < 4.78 is 17.5. The summed E-state index contributed by atoms with van der Waals surface area (Å²) in [6.45, 7) is 0.859. The molecule has 0 saturated heterocycles. The highest BCUT2D eigenvalue weighted by molar-refractivity contribution is 9.09. The van der Waals surface area contributed by atoms with Crippen molar-refractivity contribution in [1.82, 2.24) is 14.0 Å². The highest BCUT2D eigenvalue weighted by atomic mass is 79.9. The van der Waals surface area contributed by atoms with Crippen LogP contribution in [-0.4, -0.2) is 19.3 Å². The Morgan fingerprint density at radius 3 is 2.54 bits per heavy atom. The molecule has 4 rings (SSSR count). The van der Waals surface area contributed by atoms with Crippen LogP contribution in [0.5, 0.6) is 0 Å². The standard InChI is InChI=1S/C18H15BrFN3.BrH/c19-10-3-11-22-17(13-6-8-14(20)9-7-13)12-23-16-5-2-1-4-15(16)21-18(22)23;/h1-2,4-9,12H,3,10-11H2;1H. The van der Waals surface area contributed by atoms with Crippen LogP contribution in [0.3, 0.4) is 0 Å². The molecule has 2 heterocycles. The van der Waals surface area contributed by atoms with Gasteiger partial charge in [0, 0.05) is 18.1 Å². The Kier molecular flexibility index (Phi) is 5.06. The van der Waals surface area contributed by atoms with Crippen LogP contribution in [0.2, 0.25) is 0 Å². The van der Waals surface area contributed by atoms with Crippen molar-refractivity contribution >= 4 is 49.7 Å². The largest absolute Gasteiger partial charge is 0.310 e. The van der Waals surface area contributed by atoms with Gasteiger partial charge < -0.3 is 4.57 Å². The second-order valence-electron chi connectivity index (χ2n) is 5.49. The van der Waals surface area contributed by atoms with Crippen molar-refractivity contribution < 1.29 is 4.39 Å². The van der Waals surface area contributed by atoms with Gasteiger partial charge in [-0.15, -0.1) is 17.0 Å². The molecule has 0 radical (unpaired) electrons. The maximum absolute atomic E-state index is 13.2. The van der Waals surface area contributed by atoms with Crippen molar-refractivity contribution in [3.05, 3.63) is 60.5 Å². The molecule has 0 spiro atoms. The SMILES string of the molecule is Br.Fc1ccc(-c2cn3c4ccccc4nc3n2CCCBr)cc1. The fourth-order valence-corrected chi connectivity index (χ4v) is 3.19. The number of halogens is 3. The fourth-order valence-electron chi connectivity index (χ4n) is 2.94. The highest BCUT2D eigenvalue weighted by Crippen LogP contribution is 2.27. The van der Waals surface area contributed by atoms with E-state index in [2.05, 4.69) is 37.2 Å². The number of fused-ring (bicyclic) bond motifs is 3. The molecule has 0 amide bonds. The van der Waals surface area contributed by atoms with Gasteiger partial charge in [0.2, 0.25) is 5.78 Å². The molecule has 0 aliphatic carbocycles. The first-order valence-electron chi connectivity index (χ1n) is 7.56. The Labute approximate surface area is 158 Å². The minimum atomic E-state index is -0.220. The maximum atomic E-state index is 13.2. The number of para-hydroxylation sites is 2. The van der Waals surface area contributed by atoms with Crippen LogP contribution in [0, 0.1) is 5.82 Å². The van der Waals surface area contributed by atoms with Gasteiger partial charge in [-0.05, 0) is 48.4 Å². The molecule has 0 atom stereocenters. The Hall–Kier alpha value is -1.66. The lowest BCUT2D eigenvalue weighted by molar-refractivity contribution is 0.628. The van der Waals surface area contributed by atoms with E-state index in [1.165, 1.54) is 12.1 Å². The van der Waals surface area contributed by atoms with Gasteiger partial charge in [0.15, 0.2) is 0 Å². The molecule has 124 valence electrons. The summed E-state index contributed by atoms with van der Waals surface area (Å²) in [4.78, 5) is 4.77. The lowest BCUT2D eigenvalue weighted by Gasteiger charge is -2.07. The quantitative estimate of drug-likeness (QED) is 0.377. The number of aryl methyl sites for hydroxylation is 1. The predicted octanol–water partition coefficient (Wildman–Crippen LogP) is 5.46. The van der Waals surface area contributed by atoms with Gasteiger partial charge in [-0.1, -0.05) is 28.1 Å². The minimum absolute atomic E-state index is 0. The van der Waals surface area contributed by atoms with E-state index in [4.69, 9.17) is 4.98 Å². The zero-order valence-electron chi connectivity index (χ0n) is 12.8. The molecule has 0 unspecified atom stereocenters. The van der Waals surface area contributed by atoms with E-state index in [1.54, 1.807) is 0 Å². The third-order valence-corrected chi connectivity index (χ3v) is 4.58. The third-order valence-electron chi connectivity index (χ3n) is 4.02. The number of nitrogens with zero attached hydrogens (tertiary/aromatic N) is 3. The predicted molar refractivity (Wildman–Crippen MR) is 105 cm³/mol. The highest BCUT2D eigenvalue weighted by Gasteiger charge is 2.15. The summed E-state index contributed by atoms with van der Waals surface area (Å²) >= 11 is 3.49. The maximum Gasteiger partial charge on any atom is 0.215 e. The van der Waals surface area contributed by atoms with Crippen LogP contribution in [0.4, 0.5) is 4.39 Å². The number of hydrogen-bond donors (Lipinski definition) is 0. The average Bonchev–Trinajstić information content (AvgIpc) is 3.10. The monoisotopic (exact) mass is 451 g/mol. The van der Waals surface area contributed by atoms with Gasteiger partial charge in [0.1, 0.15) is 5.82 Å². The van der Waals surface area contributed by atoms with E-state index in [9.17, 15) is 4.39 Å². The van der Waals surface area contributed by atoms with E-state index < -0.39 is 0 Å². The summed E-state index contributed by atoms with van der Waals surface area (Å²) in [5.74, 6) is 0.703. The fraction of sp³-hybridized carbons (Fsp3) is 0.167. The molecule has 3 nitrogen and oxygen atoms in total. The second-order valence-corrected chi connectivity index (χ2v) is 6.28. The Morgan fingerprint density at radius 2 is 1.79 bits per heavy atom. The van der Waals surface area contributed by atoms with Gasteiger partial charge in [0.25, 0.3) is 0 Å². The van der Waals surface area contributed by atoms with Crippen molar-refractivity contribution in [3.63, 3.8) is 0 Å². The smallest absolute Gasteiger partial charge is 0.215 e. The number of rotatable bonds is 4. The van der Waals surface area contributed by atoms with Crippen molar-refractivity contribution in [2.75, 3.05) is 5.33 Å². The molecule has 6 heteroatoms. The van der Waals surface area contributed by atoms with E-state index in [0.29, 0.717) is 0 Å². The minimum Gasteiger partial charge on any atom is -0.310 e. The summed E-state index contributed by atoms with van der Waals surface area (Å²) in [7, 11) is 0. The molecule has 0 bridgehead atoms. The van der Waals surface area contributed by atoms with E-state index >= 15 is 0 Å². The van der Waals surface area contributed by atoms with E-state index in [-0.39, 0.29) is 22.8 Å². The van der Waals surface area contributed by atoms with E-state index in [0.717, 1.165) is 46.4 Å². The number of alkyl halides is 1. The van der Waals surface area contributed by atoms with Crippen LogP contribution in [-0.2, 0) is 6.54 Å². The van der Waals surface area contributed by atoms with Crippen molar-refractivity contribution in [1.29, 1.82) is 0 Å².